The maximum atomic E-state index is 15.4. The van der Waals surface area contributed by atoms with Crippen molar-refractivity contribution in [3.8, 4) is 45.4 Å². The van der Waals surface area contributed by atoms with Crippen LogP contribution in [-0.4, -0.2) is 151 Å². The van der Waals surface area contributed by atoms with Crippen molar-refractivity contribution in [2.75, 3.05) is 47.5 Å². The lowest BCUT2D eigenvalue weighted by Crippen LogP contribution is -2.60. The number of thioether (sulfide) groups is 1. The number of hydrogen-bond donors (Lipinski definition) is 2. The summed E-state index contributed by atoms with van der Waals surface area (Å²) in [6, 6.07) is 5.94. The molecule has 8 aromatic rings. The van der Waals surface area contributed by atoms with E-state index in [2.05, 4.69) is 43.1 Å². The number of hydrogen-bond acceptors (Lipinski definition) is 19. The molecule has 0 aliphatic carbocycles. The molecule has 2 amide bonds. The Hall–Kier alpha value is -8.46. The van der Waals surface area contributed by atoms with Crippen LogP contribution >= 0.6 is 35.0 Å². The second kappa shape index (κ2) is 24.9. The van der Waals surface area contributed by atoms with Crippen molar-refractivity contribution < 1.29 is 37.0 Å². The maximum absolute atomic E-state index is 15.4. The van der Waals surface area contributed by atoms with Gasteiger partial charge in [-0.1, -0.05) is 104 Å². The van der Waals surface area contributed by atoms with Gasteiger partial charge < -0.3 is 29.8 Å². The predicted octanol–water partition coefficient (Wildman–Crippen LogP) is 10.0. The molecule has 4 unspecified atom stereocenters. The third-order valence-electron chi connectivity index (χ3n) is 16.9. The summed E-state index contributed by atoms with van der Waals surface area (Å²) in [6.07, 6.45) is 5.35. The lowest BCUT2D eigenvalue weighted by molar-refractivity contribution is -0.129. The smallest absolute Gasteiger partial charge is 0.355 e. The molecule has 92 heavy (non-hydrogen) atoms. The number of aromatic nitrogens is 10. The standard InChI is InChI=1S/C32H33ClFN7O5S.C32H33ClFN7O3S/c1-7-21(43)39-12-18-13-47(45,46)29-23-30(40(18)11-17(39)6)38-32(44)41(28-25(15(2)3)35-14-36-26(28)16(4)5)31(23)37-27(24(29)33)22-19(34)9-8-10-20(22)42;1-7-21(43)39-12-18-13-45-29-23-30(40(18)11-17(39)6)38-32(44)41(28-25(15(2)3)35-14-36-26(28)16(4)5)31(23)37-27(24(29)33)22-19(34)9-8-10-20(22)42/h7-10,14-18,42H,1,11-13H2,2-6H3;7-10,14-18,42H,1,11-13H2,2-6H3. The van der Waals surface area contributed by atoms with Gasteiger partial charge in [-0.2, -0.15) is 9.97 Å². The van der Waals surface area contributed by atoms with Crippen LogP contribution in [0.25, 0.3) is 56.0 Å². The van der Waals surface area contributed by atoms with Gasteiger partial charge in [0.2, 0.25) is 11.8 Å². The van der Waals surface area contributed by atoms with Crippen molar-refractivity contribution in [1.29, 1.82) is 0 Å². The Kier molecular flexibility index (Phi) is 17.6. The zero-order valence-corrected chi connectivity index (χ0v) is 55.1. The highest BCUT2D eigenvalue weighted by Crippen LogP contribution is 2.50. The number of fused-ring (bicyclic) bond motifs is 4. The number of anilines is 2. The van der Waals surface area contributed by atoms with Gasteiger partial charge in [-0.05, 0) is 73.9 Å². The van der Waals surface area contributed by atoms with Gasteiger partial charge in [0.15, 0.2) is 21.1 Å². The van der Waals surface area contributed by atoms with E-state index in [0.29, 0.717) is 63.4 Å². The normalized spacial score (nSPS) is 18.4. The summed E-state index contributed by atoms with van der Waals surface area (Å²) in [4.78, 5) is 98.1. The van der Waals surface area contributed by atoms with Gasteiger partial charge in [0.1, 0.15) is 52.3 Å². The first-order chi connectivity index (χ1) is 43.6. The van der Waals surface area contributed by atoms with Crippen molar-refractivity contribution in [2.24, 2.45) is 0 Å². The van der Waals surface area contributed by atoms with Crippen molar-refractivity contribution >= 4 is 90.3 Å². The van der Waals surface area contributed by atoms with Gasteiger partial charge in [0.25, 0.3) is 0 Å². The lowest BCUT2D eigenvalue weighted by Gasteiger charge is -2.45. The average Bonchev–Trinajstić information content (AvgIpc) is 1.30. The van der Waals surface area contributed by atoms with E-state index in [1.54, 1.807) is 16.7 Å². The van der Waals surface area contributed by atoms with Gasteiger partial charge in [-0.15, -0.1) is 11.8 Å². The van der Waals surface area contributed by atoms with Crippen molar-refractivity contribution in [3.05, 3.63) is 140 Å². The number of nitrogens with zero attached hydrogens (tertiary/aromatic N) is 14. The Bertz CT molecular complexity index is 4570. The molecule has 2 aromatic carbocycles. The highest BCUT2D eigenvalue weighted by atomic mass is 35.5. The molecule has 4 atom stereocenters. The van der Waals surface area contributed by atoms with E-state index in [4.69, 9.17) is 33.2 Å². The Morgan fingerprint density at radius 3 is 1.45 bits per heavy atom. The largest absolute Gasteiger partial charge is 0.507 e. The van der Waals surface area contributed by atoms with Crippen LogP contribution in [0.2, 0.25) is 10.0 Å². The molecule has 10 heterocycles. The van der Waals surface area contributed by atoms with E-state index in [9.17, 15) is 37.8 Å². The molecule has 28 heteroatoms. The van der Waals surface area contributed by atoms with Crippen molar-refractivity contribution in [1.82, 2.24) is 58.8 Å². The molecule has 2 saturated heterocycles. The monoisotopic (exact) mass is 1330 g/mol. The van der Waals surface area contributed by atoms with Crippen LogP contribution in [0.3, 0.4) is 0 Å². The van der Waals surface area contributed by atoms with Gasteiger partial charge in [-0.3, -0.25) is 9.59 Å². The molecule has 6 aromatic heterocycles. The minimum atomic E-state index is -4.35. The molecule has 4 aliphatic rings. The Morgan fingerprint density at radius 2 is 1.02 bits per heavy atom. The topological polar surface area (TPSA) is 269 Å². The highest BCUT2D eigenvalue weighted by molar-refractivity contribution is 7.99. The van der Waals surface area contributed by atoms with Gasteiger partial charge in [0.05, 0.1) is 95.3 Å². The summed E-state index contributed by atoms with van der Waals surface area (Å²) in [5.41, 5.74) is 0.618. The number of rotatable bonds is 10. The lowest BCUT2D eigenvalue weighted by atomic mass is 10.0. The summed E-state index contributed by atoms with van der Waals surface area (Å²) in [7, 11) is -4.35. The number of aromatic hydroxyl groups is 2. The predicted molar refractivity (Wildman–Crippen MR) is 350 cm³/mol. The molecule has 0 bridgehead atoms. The number of pyridine rings is 2. The van der Waals surface area contributed by atoms with Gasteiger partial charge in [-0.25, -0.2) is 65.8 Å². The molecule has 2 fully saturated rings. The molecular formula is C64H66Cl2F2N14O8S2. The number of benzene rings is 2. The van der Waals surface area contributed by atoms with E-state index in [1.165, 1.54) is 74.9 Å². The zero-order valence-electron chi connectivity index (χ0n) is 52.0. The van der Waals surface area contributed by atoms with Crippen molar-refractivity contribution in [2.45, 2.75) is 127 Å². The van der Waals surface area contributed by atoms with E-state index in [1.807, 2.05) is 67.2 Å². The van der Waals surface area contributed by atoms with E-state index in [-0.39, 0.29) is 117 Å². The number of carbonyl (C=O) groups is 2. The molecule has 0 radical (unpaired) electrons. The maximum Gasteiger partial charge on any atom is 0.355 e. The van der Waals surface area contributed by atoms with E-state index < -0.39 is 71.9 Å². The van der Waals surface area contributed by atoms with Crippen LogP contribution < -0.4 is 21.2 Å². The third-order valence-corrected chi connectivity index (χ3v) is 21.0. The minimum Gasteiger partial charge on any atom is -0.507 e. The molecule has 22 nitrogen and oxygen atoms in total. The molecule has 2 N–H and O–H groups in total. The average molecular weight is 1330 g/mol. The van der Waals surface area contributed by atoms with Crippen LogP contribution in [0.5, 0.6) is 11.5 Å². The number of halogens is 4. The number of piperazine rings is 2. The fourth-order valence-electron chi connectivity index (χ4n) is 12.6. The van der Waals surface area contributed by atoms with E-state index in [0.717, 1.165) is 12.1 Å². The van der Waals surface area contributed by atoms with Crippen LogP contribution in [0, 0.1) is 11.6 Å². The minimum absolute atomic E-state index is 0.000969. The zero-order chi connectivity index (χ0) is 66.4. The molecule has 0 spiro atoms. The molecule has 12 rings (SSSR count). The molecule has 480 valence electrons. The highest BCUT2D eigenvalue weighted by Gasteiger charge is 2.45. The molecular weight excluding hydrogens is 1270 g/mol. The number of phenolic OH excluding ortho intramolecular Hbond substituents is 2. The fourth-order valence-corrected chi connectivity index (χ4v) is 16.6. The van der Waals surface area contributed by atoms with Crippen LogP contribution in [-0.2, 0) is 19.4 Å². The number of sulfone groups is 1. The van der Waals surface area contributed by atoms with Gasteiger partial charge in [0, 0.05) is 48.9 Å². The second-order valence-electron chi connectivity index (χ2n) is 24.4. The summed E-state index contributed by atoms with van der Waals surface area (Å²) < 4.78 is 62.3. The third kappa shape index (κ3) is 11.0. The first kappa shape index (κ1) is 65.0. The van der Waals surface area contributed by atoms with E-state index >= 15 is 8.78 Å². The second-order valence-corrected chi connectivity index (χ2v) is 28.1. The quantitative estimate of drug-likeness (QED) is 0.121. The fraction of sp³-hybridized carbons (Fsp3) is 0.375. The SMILES string of the molecule is C=CC(=O)N1CC2CS(=O)(=O)c3c(Cl)c(-c4c(O)cccc4F)nc4c3c(nc(=O)n4-c3c(C(C)C)ncnc3C(C)C)N2CC1C.C=CC(=O)N1CC2CSc3c(Cl)c(-c4c(O)cccc4F)nc4c3c(nc(=O)n4-c3c(C(C)C)ncnc3C(C)C)N2CC1C. The number of amides is 2. The summed E-state index contributed by atoms with van der Waals surface area (Å²) in [6.45, 7) is 27.4. The van der Waals surface area contributed by atoms with Crippen LogP contribution in [0.15, 0.2) is 93.7 Å². The van der Waals surface area contributed by atoms with Crippen molar-refractivity contribution in [3.63, 3.8) is 0 Å². The molecule has 4 aliphatic heterocycles. The van der Waals surface area contributed by atoms with Crippen LogP contribution in [0.4, 0.5) is 20.4 Å². The Morgan fingerprint density at radius 1 is 0.620 bits per heavy atom. The summed E-state index contributed by atoms with van der Waals surface area (Å²) in [5.74, 6) is -3.23. The van der Waals surface area contributed by atoms with Gasteiger partial charge >= 0.3 is 11.4 Å². The summed E-state index contributed by atoms with van der Waals surface area (Å²) >= 11 is 15.4. The number of phenols is 2. The van der Waals surface area contributed by atoms with Crippen LogP contribution in [0.1, 0.15) is 116 Å². The first-order valence-corrected chi connectivity index (χ1v) is 33.2. The number of carbonyl (C=O) groups excluding carboxylic acids is 2. The summed E-state index contributed by atoms with van der Waals surface area (Å²) in [5, 5.41) is 21.8. The Labute approximate surface area is 542 Å². The Balaban J connectivity index is 0.000000189. The first-order valence-electron chi connectivity index (χ1n) is 29.8. The molecule has 0 saturated carbocycles.